The van der Waals surface area contributed by atoms with E-state index in [1.165, 1.54) is 0 Å². The fourth-order valence-corrected chi connectivity index (χ4v) is 3.71. The topological polar surface area (TPSA) is 146 Å². The van der Waals surface area contributed by atoms with Gasteiger partial charge in [0, 0.05) is 29.8 Å². The molecular weight excluding hydrogens is 455 g/mol. The number of rotatable bonds is 5. The number of nitrogens with two attached hydrogens (primary N) is 1. The number of benzene rings is 3. The highest BCUT2D eigenvalue weighted by Gasteiger charge is 2.20. The summed E-state index contributed by atoms with van der Waals surface area (Å²) in [5.74, 6) is -2.84. The van der Waals surface area contributed by atoms with Gasteiger partial charge in [0.25, 0.3) is 11.4 Å². The van der Waals surface area contributed by atoms with Gasteiger partial charge >= 0.3 is 0 Å². The summed E-state index contributed by atoms with van der Waals surface area (Å²) >= 11 is 0. The van der Waals surface area contributed by atoms with E-state index in [1.807, 2.05) is 0 Å². The van der Waals surface area contributed by atoms with Gasteiger partial charge in [-0.15, -0.1) is 0 Å². The van der Waals surface area contributed by atoms with Gasteiger partial charge in [-0.3, -0.25) is 20.2 Å². The second kappa shape index (κ2) is 9.87. The Labute approximate surface area is 179 Å². The van der Waals surface area contributed by atoms with Crippen molar-refractivity contribution in [2.24, 2.45) is 0 Å². The molecule has 0 radical (unpaired) electrons. The number of halogens is 3. The summed E-state index contributed by atoms with van der Waals surface area (Å²) in [5.41, 5.74) is 3.95. The van der Waals surface area contributed by atoms with E-state index in [1.54, 1.807) is 0 Å². The molecule has 168 valence electrons. The van der Waals surface area contributed by atoms with Crippen molar-refractivity contribution < 1.29 is 31.4 Å². The minimum absolute atomic E-state index is 0.185. The van der Waals surface area contributed by atoms with Crippen molar-refractivity contribution in [2.75, 3.05) is 5.73 Å². The lowest BCUT2D eigenvalue weighted by atomic mass is 10.2. The molecule has 0 spiro atoms. The van der Waals surface area contributed by atoms with Crippen LogP contribution in [-0.2, 0) is 15.6 Å². The molecule has 0 atom stereocenters. The van der Waals surface area contributed by atoms with Gasteiger partial charge in [0.2, 0.25) is 0 Å². The summed E-state index contributed by atoms with van der Waals surface area (Å²) in [6.45, 7) is 0. The molecule has 0 aromatic heterocycles. The van der Waals surface area contributed by atoms with Gasteiger partial charge in [-0.05, 0) is 36.4 Å². The number of nitro groups is 2. The molecule has 32 heavy (non-hydrogen) atoms. The first kappa shape index (κ1) is 24.3. The van der Waals surface area contributed by atoms with Gasteiger partial charge in [-0.2, -0.15) is 0 Å². The maximum atomic E-state index is 13.6. The van der Waals surface area contributed by atoms with E-state index in [2.05, 4.69) is 0 Å². The molecule has 3 aromatic rings. The second-order valence-corrected chi connectivity index (χ2v) is 8.20. The van der Waals surface area contributed by atoms with Crippen LogP contribution in [0.1, 0.15) is 5.56 Å². The van der Waals surface area contributed by atoms with E-state index in [-0.39, 0.29) is 21.8 Å². The number of nitro benzene ring substituents is 2. The molecule has 0 bridgehead atoms. The van der Waals surface area contributed by atoms with Crippen molar-refractivity contribution in [3.63, 3.8) is 0 Å². The number of sulfone groups is 1. The van der Waals surface area contributed by atoms with E-state index in [4.69, 9.17) is 5.73 Å². The van der Waals surface area contributed by atoms with Crippen molar-refractivity contribution in [3.8, 4) is 0 Å². The Morgan fingerprint density at radius 3 is 1.78 bits per heavy atom. The lowest BCUT2D eigenvalue weighted by Crippen LogP contribution is -2.07. The Morgan fingerprint density at radius 2 is 1.28 bits per heavy atom. The SMILES string of the molecule is Nc1cc([N+](=O)[O-])ccc1F.O=[N+]([O-])c1ccc(F)c(CS(=O)(=O)c2ccc(F)cc2)c1. The number of non-ortho nitro benzene ring substituents is 2. The van der Waals surface area contributed by atoms with Gasteiger partial charge in [-0.25, -0.2) is 21.6 Å². The van der Waals surface area contributed by atoms with Crippen LogP contribution in [0.5, 0.6) is 0 Å². The average molecular weight is 469 g/mol. The fourth-order valence-electron chi connectivity index (χ4n) is 2.36. The van der Waals surface area contributed by atoms with Crippen LogP contribution < -0.4 is 5.73 Å². The smallest absolute Gasteiger partial charge is 0.271 e. The van der Waals surface area contributed by atoms with E-state index in [0.717, 1.165) is 60.7 Å². The van der Waals surface area contributed by atoms with Crippen molar-refractivity contribution in [1.29, 1.82) is 0 Å². The maximum absolute atomic E-state index is 13.6. The molecule has 0 saturated heterocycles. The monoisotopic (exact) mass is 469 g/mol. The molecule has 0 aliphatic rings. The standard InChI is InChI=1S/C13H9F2NO4S.C6H5FN2O2/c14-10-1-4-12(5-2-10)21(19,20)8-9-7-11(16(17)18)3-6-13(9)15;7-5-2-1-4(9(10)11)3-6(5)8/h1-7H,8H2;1-3H,8H2. The third-order valence-electron chi connectivity index (χ3n) is 3.95. The first-order valence-electron chi connectivity index (χ1n) is 8.51. The largest absolute Gasteiger partial charge is 0.396 e. The zero-order chi connectivity index (χ0) is 24.1. The summed E-state index contributed by atoms with van der Waals surface area (Å²) in [6.07, 6.45) is 0. The minimum atomic E-state index is -3.92. The predicted molar refractivity (Wildman–Crippen MR) is 108 cm³/mol. The van der Waals surface area contributed by atoms with Gasteiger partial charge in [0.05, 0.1) is 26.2 Å². The molecule has 0 heterocycles. The molecule has 2 N–H and O–H groups in total. The predicted octanol–water partition coefficient (Wildman–Crippen LogP) is 4.16. The van der Waals surface area contributed by atoms with Crippen LogP contribution in [0.4, 0.5) is 30.2 Å². The van der Waals surface area contributed by atoms with Gasteiger partial charge in [0.15, 0.2) is 9.84 Å². The van der Waals surface area contributed by atoms with E-state index in [0.29, 0.717) is 0 Å². The average Bonchev–Trinajstić information content (AvgIpc) is 2.72. The number of anilines is 1. The Hall–Kier alpha value is -4.00. The molecule has 0 aliphatic heterocycles. The molecule has 3 aromatic carbocycles. The normalized spacial score (nSPS) is 10.7. The second-order valence-electron chi connectivity index (χ2n) is 6.21. The molecule has 9 nitrogen and oxygen atoms in total. The third-order valence-corrected chi connectivity index (χ3v) is 5.63. The Morgan fingerprint density at radius 1 is 0.781 bits per heavy atom. The van der Waals surface area contributed by atoms with E-state index < -0.39 is 48.6 Å². The third kappa shape index (κ3) is 6.25. The Bertz CT molecular complexity index is 1270. The number of nitrogen functional groups attached to an aromatic ring is 1. The number of hydrogen-bond acceptors (Lipinski definition) is 7. The Balaban J connectivity index is 0.000000278. The van der Waals surface area contributed by atoms with Gasteiger partial charge in [0.1, 0.15) is 17.5 Å². The summed E-state index contributed by atoms with van der Waals surface area (Å²) < 4.78 is 63.0. The molecule has 0 fully saturated rings. The molecule has 0 saturated carbocycles. The van der Waals surface area contributed by atoms with Crippen molar-refractivity contribution in [2.45, 2.75) is 10.6 Å². The van der Waals surface area contributed by atoms with E-state index >= 15 is 0 Å². The van der Waals surface area contributed by atoms with Crippen molar-refractivity contribution in [1.82, 2.24) is 0 Å². The summed E-state index contributed by atoms with van der Waals surface area (Å²) in [4.78, 5) is 19.2. The van der Waals surface area contributed by atoms with Gasteiger partial charge in [-0.1, -0.05) is 0 Å². The highest BCUT2D eigenvalue weighted by Crippen LogP contribution is 2.22. The zero-order valence-electron chi connectivity index (χ0n) is 15.9. The lowest BCUT2D eigenvalue weighted by molar-refractivity contribution is -0.385. The van der Waals surface area contributed by atoms with Crippen LogP contribution in [0, 0.1) is 37.7 Å². The van der Waals surface area contributed by atoms with Crippen molar-refractivity contribution in [3.05, 3.63) is 104 Å². The molecular formula is C19H14F3N3O6S. The number of hydrogen-bond donors (Lipinski definition) is 1. The summed E-state index contributed by atoms with van der Waals surface area (Å²) in [5, 5.41) is 20.7. The highest BCUT2D eigenvalue weighted by molar-refractivity contribution is 7.90. The fraction of sp³-hybridized carbons (Fsp3) is 0.0526. The van der Waals surface area contributed by atoms with Gasteiger partial charge < -0.3 is 5.73 Å². The first-order chi connectivity index (χ1) is 14.9. The molecule has 0 unspecified atom stereocenters. The maximum Gasteiger partial charge on any atom is 0.271 e. The molecule has 13 heteroatoms. The van der Waals surface area contributed by atoms with E-state index in [9.17, 15) is 41.8 Å². The minimum Gasteiger partial charge on any atom is -0.396 e. The lowest BCUT2D eigenvalue weighted by Gasteiger charge is -2.06. The van der Waals surface area contributed by atoms with Crippen LogP contribution in [0.2, 0.25) is 0 Å². The zero-order valence-corrected chi connectivity index (χ0v) is 16.8. The van der Waals surface area contributed by atoms with Crippen LogP contribution in [0.15, 0.2) is 65.6 Å². The van der Waals surface area contributed by atoms with Crippen LogP contribution in [-0.4, -0.2) is 18.3 Å². The Kier molecular flexibility index (Phi) is 7.49. The molecule has 3 rings (SSSR count). The van der Waals surface area contributed by atoms with Crippen LogP contribution >= 0.6 is 0 Å². The summed E-state index contributed by atoms with van der Waals surface area (Å²) in [6, 6.07) is 9.72. The van der Waals surface area contributed by atoms with Crippen LogP contribution in [0.25, 0.3) is 0 Å². The molecule has 0 amide bonds. The summed E-state index contributed by atoms with van der Waals surface area (Å²) in [7, 11) is -3.92. The highest BCUT2D eigenvalue weighted by atomic mass is 32.2. The van der Waals surface area contributed by atoms with Crippen LogP contribution in [0.3, 0.4) is 0 Å². The quantitative estimate of drug-likeness (QED) is 0.255. The number of nitrogens with zero attached hydrogens (tertiary/aromatic N) is 2. The first-order valence-corrected chi connectivity index (χ1v) is 10.2. The molecule has 0 aliphatic carbocycles. The van der Waals surface area contributed by atoms with Crippen molar-refractivity contribution >= 4 is 26.9 Å².